The van der Waals surface area contributed by atoms with Gasteiger partial charge in [-0.1, -0.05) is 29.3 Å². The number of hydrogen-bond donors (Lipinski definition) is 1. The van der Waals surface area contributed by atoms with E-state index in [1.165, 1.54) is 0 Å². The highest BCUT2D eigenvalue weighted by atomic mass is 35.5. The molecule has 5 nitrogen and oxygen atoms in total. The van der Waals surface area contributed by atoms with E-state index >= 15 is 0 Å². The molecule has 2 amide bonds. The zero-order chi connectivity index (χ0) is 16.8. The molecule has 0 bridgehead atoms. The van der Waals surface area contributed by atoms with Crippen molar-refractivity contribution in [2.75, 3.05) is 38.0 Å². The van der Waals surface area contributed by atoms with Crippen LogP contribution in [0, 0.1) is 0 Å². The third-order valence-corrected chi connectivity index (χ3v) is 3.94. The minimum atomic E-state index is -0.0952. The molecule has 1 aromatic carbocycles. The number of hydrogen-bond acceptors (Lipinski definition) is 3. The Bertz CT molecular complexity index is 604. The van der Waals surface area contributed by atoms with E-state index < -0.39 is 0 Å². The summed E-state index contributed by atoms with van der Waals surface area (Å²) >= 11 is 6.03. The van der Waals surface area contributed by atoms with Gasteiger partial charge in [-0.15, -0.1) is 0 Å². The topological polar surface area (TPSA) is 52.7 Å². The number of nitrogens with one attached hydrogen (secondary N) is 1. The molecule has 1 aliphatic heterocycles. The predicted octanol–water partition coefficient (Wildman–Crippen LogP) is 2.39. The lowest BCUT2D eigenvalue weighted by Gasteiger charge is -2.33. The number of para-hydroxylation sites is 1. The van der Waals surface area contributed by atoms with Crippen molar-refractivity contribution in [3.05, 3.63) is 40.9 Å². The van der Waals surface area contributed by atoms with Crippen molar-refractivity contribution >= 4 is 29.1 Å². The van der Waals surface area contributed by atoms with Crippen molar-refractivity contribution in [2.24, 2.45) is 0 Å². The Labute approximate surface area is 141 Å². The first-order chi connectivity index (χ1) is 11.0. The fourth-order valence-electron chi connectivity index (χ4n) is 2.42. The van der Waals surface area contributed by atoms with E-state index in [4.69, 9.17) is 11.6 Å². The molecule has 1 heterocycles. The van der Waals surface area contributed by atoms with Gasteiger partial charge in [0.25, 0.3) is 0 Å². The Hall–Kier alpha value is -1.85. The number of carbonyl (C=O) groups excluding carboxylic acids is 2. The van der Waals surface area contributed by atoms with Crippen LogP contribution in [-0.4, -0.2) is 54.3 Å². The molecule has 1 N–H and O–H groups in total. The van der Waals surface area contributed by atoms with Crippen LogP contribution in [0.3, 0.4) is 0 Å². The second-order valence-electron chi connectivity index (χ2n) is 5.85. The van der Waals surface area contributed by atoms with Crippen LogP contribution in [0.4, 0.5) is 5.69 Å². The fraction of sp³-hybridized carbons (Fsp3) is 0.412. The maximum Gasteiger partial charge on any atom is 0.246 e. The lowest BCUT2D eigenvalue weighted by Crippen LogP contribution is -2.50. The van der Waals surface area contributed by atoms with Crippen LogP contribution >= 0.6 is 11.6 Å². The van der Waals surface area contributed by atoms with Crippen molar-refractivity contribution in [3.63, 3.8) is 0 Å². The number of allylic oxidation sites excluding steroid dienone is 1. The standard InChI is InChI=1S/C17H22ClN3O2/c1-13(2)11-17(23)21-9-7-20(8-10-21)12-16(22)19-15-6-4-3-5-14(15)18/h3-6,11H,7-10,12H2,1-2H3,(H,19,22). The molecule has 23 heavy (non-hydrogen) atoms. The smallest absolute Gasteiger partial charge is 0.246 e. The molecule has 1 aliphatic rings. The molecule has 6 heteroatoms. The average molecular weight is 336 g/mol. The van der Waals surface area contributed by atoms with E-state index in [-0.39, 0.29) is 11.8 Å². The molecule has 0 unspecified atom stereocenters. The molecule has 1 saturated heterocycles. The molecular formula is C17H22ClN3O2. The summed E-state index contributed by atoms with van der Waals surface area (Å²) in [5.74, 6) is -0.0488. The molecule has 0 radical (unpaired) electrons. The van der Waals surface area contributed by atoms with Gasteiger partial charge in [0, 0.05) is 32.3 Å². The number of halogens is 1. The van der Waals surface area contributed by atoms with Crippen LogP contribution in [0.15, 0.2) is 35.9 Å². The van der Waals surface area contributed by atoms with Crippen LogP contribution in [0.25, 0.3) is 0 Å². The Morgan fingerprint density at radius 3 is 2.43 bits per heavy atom. The van der Waals surface area contributed by atoms with Gasteiger partial charge in [-0.05, 0) is 26.0 Å². The first kappa shape index (κ1) is 17.5. The molecule has 0 aliphatic carbocycles. The summed E-state index contributed by atoms with van der Waals surface area (Å²) in [6.07, 6.45) is 1.65. The number of rotatable bonds is 4. The maximum atomic E-state index is 12.1. The van der Waals surface area contributed by atoms with Gasteiger partial charge < -0.3 is 10.2 Å². The number of nitrogens with zero attached hydrogens (tertiary/aromatic N) is 2. The Kier molecular flexibility index (Phi) is 6.19. The molecule has 1 aromatic rings. The van der Waals surface area contributed by atoms with E-state index in [0.29, 0.717) is 43.4 Å². The first-order valence-electron chi connectivity index (χ1n) is 7.66. The Balaban J connectivity index is 1.80. The highest BCUT2D eigenvalue weighted by Crippen LogP contribution is 2.20. The normalized spacial score (nSPS) is 15.2. The van der Waals surface area contributed by atoms with Gasteiger partial charge in [0.1, 0.15) is 0 Å². The molecular weight excluding hydrogens is 314 g/mol. The summed E-state index contributed by atoms with van der Waals surface area (Å²) in [6, 6.07) is 7.16. The third kappa shape index (κ3) is 5.37. The van der Waals surface area contributed by atoms with Crippen molar-refractivity contribution in [1.29, 1.82) is 0 Å². The Morgan fingerprint density at radius 1 is 1.17 bits per heavy atom. The van der Waals surface area contributed by atoms with Crippen molar-refractivity contribution < 1.29 is 9.59 Å². The van der Waals surface area contributed by atoms with Gasteiger partial charge in [-0.3, -0.25) is 14.5 Å². The van der Waals surface area contributed by atoms with Crippen LogP contribution < -0.4 is 5.32 Å². The van der Waals surface area contributed by atoms with Gasteiger partial charge >= 0.3 is 0 Å². The summed E-state index contributed by atoms with van der Waals surface area (Å²) < 4.78 is 0. The summed E-state index contributed by atoms with van der Waals surface area (Å²) in [7, 11) is 0. The lowest BCUT2D eigenvalue weighted by atomic mass is 10.2. The summed E-state index contributed by atoms with van der Waals surface area (Å²) in [4.78, 5) is 27.9. The fourth-order valence-corrected chi connectivity index (χ4v) is 2.60. The number of amides is 2. The van der Waals surface area contributed by atoms with Gasteiger partial charge in [0.15, 0.2) is 0 Å². The summed E-state index contributed by atoms with van der Waals surface area (Å²) in [5, 5.41) is 3.34. The van der Waals surface area contributed by atoms with E-state index in [0.717, 1.165) is 5.57 Å². The van der Waals surface area contributed by atoms with Gasteiger partial charge in [-0.2, -0.15) is 0 Å². The van der Waals surface area contributed by atoms with E-state index in [2.05, 4.69) is 5.32 Å². The molecule has 0 saturated carbocycles. The molecule has 0 atom stereocenters. The molecule has 2 rings (SSSR count). The molecule has 124 valence electrons. The third-order valence-electron chi connectivity index (χ3n) is 3.61. The predicted molar refractivity (Wildman–Crippen MR) is 92.5 cm³/mol. The number of anilines is 1. The largest absolute Gasteiger partial charge is 0.337 e. The number of piperazine rings is 1. The molecule has 1 fully saturated rings. The van der Waals surface area contributed by atoms with Crippen LogP contribution in [0.5, 0.6) is 0 Å². The monoisotopic (exact) mass is 335 g/mol. The number of benzene rings is 1. The van der Waals surface area contributed by atoms with E-state index in [1.54, 1.807) is 18.2 Å². The molecule has 0 spiro atoms. The van der Waals surface area contributed by atoms with Gasteiger partial charge in [0.2, 0.25) is 11.8 Å². The lowest BCUT2D eigenvalue weighted by molar-refractivity contribution is -0.128. The minimum absolute atomic E-state index is 0.0465. The van der Waals surface area contributed by atoms with Crippen LogP contribution in [0.1, 0.15) is 13.8 Å². The highest BCUT2D eigenvalue weighted by Gasteiger charge is 2.21. The SMILES string of the molecule is CC(C)=CC(=O)N1CCN(CC(=O)Nc2ccccc2Cl)CC1. The second kappa shape index (κ2) is 8.13. The summed E-state index contributed by atoms with van der Waals surface area (Å²) in [6.45, 7) is 6.79. The maximum absolute atomic E-state index is 12.1. The number of carbonyl (C=O) groups is 2. The molecule has 0 aromatic heterocycles. The van der Waals surface area contributed by atoms with E-state index in [1.807, 2.05) is 35.8 Å². The highest BCUT2D eigenvalue weighted by molar-refractivity contribution is 6.33. The zero-order valence-electron chi connectivity index (χ0n) is 13.5. The van der Waals surface area contributed by atoms with Gasteiger partial charge in [0.05, 0.1) is 17.3 Å². The second-order valence-corrected chi connectivity index (χ2v) is 6.26. The van der Waals surface area contributed by atoms with Crippen LogP contribution in [0.2, 0.25) is 5.02 Å². The van der Waals surface area contributed by atoms with Crippen molar-refractivity contribution in [3.8, 4) is 0 Å². The van der Waals surface area contributed by atoms with Crippen LogP contribution in [-0.2, 0) is 9.59 Å². The average Bonchev–Trinajstić information content (AvgIpc) is 2.49. The Morgan fingerprint density at radius 2 is 1.83 bits per heavy atom. The van der Waals surface area contributed by atoms with E-state index in [9.17, 15) is 9.59 Å². The quantitative estimate of drug-likeness (QED) is 0.860. The first-order valence-corrected chi connectivity index (χ1v) is 8.04. The zero-order valence-corrected chi connectivity index (χ0v) is 14.3. The van der Waals surface area contributed by atoms with Crippen molar-refractivity contribution in [2.45, 2.75) is 13.8 Å². The van der Waals surface area contributed by atoms with Gasteiger partial charge in [-0.25, -0.2) is 0 Å². The minimum Gasteiger partial charge on any atom is -0.337 e. The summed E-state index contributed by atoms with van der Waals surface area (Å²) in [5.41, 5.74) is 1.62. The van der Waals surface area contributed by atoms with Crippen molar-refractivity contribution in [1.82, 2.24) is 9.80 Å².